The van der Waals surface area contributed by atoms with E-state index in [1.807, 2.05) is 4.90 Å². The van der Waals surface area contributed by atoms with Crippen molar-refractivity contribution >= 4 is 0 Å². The molecule has 0 bridgehead atoms. The minimum Gasteiger partial charge on any atom is -0.507 e. The molecular formula is C16H21F3N2O2. The van der Waals surface area contributed by atoms with E-state index in [4.69, 9.17) is 4.74 Å². The van der Waals surface area contributed by atoms with Crippen molar-refractivity contribution in [3.8, 4) is 5.75 Å². The summed E-state index contributed by atoms with van der Waals surface area (Å²) < 4.78 is 46.9. The highest BCUT2D eigenvalue weighted by Gasteiger charge is 2.36. The van der Waals surface area contributed by atoms with Crippen LogP contribution in [-0.2, 0) is 4.74 Å². The van der Waals surface area contributed by atoms with E-state index in [0.717, 1.165) is 13.1 Å². The molecule has 0 radical (unpaired) electrons. The average Bonchev–Trinajstić information content (AvgIpc) is 2.58. The van der Waals surface area contributed by atoms with Crippen molar-refractivity contribution in [1.29, 1.82) is 0 Å². The molecule has 0 amide bonds. The second-order valence-corrected chi connectivity index (χ2v) is 6.10. The molecule has 0 aromatic heterocycles. The van der Waals surface area contributed by atoms with Gasteiger partial charge < -0.3 is 15.2 Å². The maximum absolute atomic E-state index is 14.4. The summed E-state index contributed by atoms with van der Waals surface area (Å²) in [6, 6.07) is 0.193. The van der Waals surface area contributed by atoms with Crippen LogP contribution >= 0.6 is 0 Å². The zero-order valence-corrected chi connectivity index (χ0v) is 12.8. The third kappa shape index (κ3) is 3.32. The first-order chi connectivity index (χ1) is 11.1. The van der Waals surface area contributed by atoms with Crippen molar-refractivity contribution in [2.75, 3.05) is 39.4 Å². The summed E-state index contributed by atoms with van der Waals surface area (Å²) in [5, 5.41) is 13.3. The lowest BCUT2D eigenvalue weighted by Crippen LogP contribution is -2.47. The van der Waals surface area contributed by atoms with Gasteiger partial charge in [-0.15, -0.1) is 0 Å². The van der Waals surface area contributed by atoms with Gasteiger partial charge in [0.15, 0.2) is 17.5 Å². The number of rotatable bonds is 3. The minimum atomic E-state index is -1.52. The number of benzene rings is 1. The summed E-state index contributed by atoms with van der Waals surface area (Å²) in [5.41, 5.74) is -0.127. The molecule has 2 N–H and O–H groups in total. The summed E-state index contributed by atoms with van der Waals surface area (Å²) in [6.07, 6.45) is 1.40. The highest BCUT2D eigenvalue weighted by atomic mass is 19.2. The zero-order valence-electron chi connectivity index (χ0n) is 12.8. The van der Waals surface area contributed by atoms with E-state index in [-0.39, 0.29) is 11.5 Å². The van der Waals surface area contributed by atoms with E-state index in [9.17, 15) is 18.3 Å². The van der Waals surface area contributed by atoms with Gasteiger partial charge in [0.2, 0.25) is 0 Å². The number of halogens is 3. The van der Waals surface area contributed by atoms with Crippen molar-refractivity contribution in [2.45, 2.75) is 18.9 Å². The van der Waals surface area contributed by atoms with Crippen LogP contribution in [0, 0.1) is 23.4 Å². The Morgan fingerprint density at radius 1 is 1.13 bits per heavy atom. The Bertz CT molecular complexity index is 541. The van der Waals surface area contributed by atoms with E-state index in [1.165, 1.54) is 0 Å². The molecule has 4 nitrogen and oxygen atoms in total. The van der Waals surface area contributed by atoms with Crippen LogP contribution in [0.25, 0.3) is 0 Å². The van der Waals surface area contributed by atoms with Gasteiger partial charge in [-0.05, 0) is 18.8 Å². The van der Waals surface area contributed by atoms with Gasteiger partial charge in [0.1, 0.15) is 5.75 Å². The Labute approximate surface area is 133 Å². The maximum atomic E-state index is 14.4. The fraction of sp³-hybridized carbons (Fsp3) is 0.625. The molecule has 7 heteroatoms. The number of ether oxygens (including phenoxy) is 1. The highest BCUT2D eigenvalue weighted by Crippen LogP contribution is 2.41. The van der Waals surface area contributed by atoms with Gasteiger partial charge in [-0.3, -0.25) is 4.90 Å². The predicted molar refractivity (Wildman–Crippen MR) is 78.7 cm³/mol. The van der Waals surface area contributed by atoms with E-state index in [0.29, 0.717) is 45.2 Å². The van der Waals surface area contributed by atoms with Crippen LogP contribution in [0.5, 0.6) is 5.75 Å². The van der Waals surface area contributed by atoms with Crippen molar-refractivity contribution < 1.29 is 23.0 Å². The largest absolute Gasteiger partial charge is 0.507 e. The van der Waals surface area contributed by atoms with Gasteiger partial charge in [-0.2, -0.15) is 0 Å². The molecule has 23 heavy (non-hydrogen) atoms. The molecule has 1 aromatic carbocycles. The molecule has 3 rings (SSSR count). The van der Waals surface area contributed by atoms with Crippen LogP contribution < -0.4 is 5.32 Å². The second kappa shape index (κ2) is 7.07. The lowest BCUT2D eigenvalue weighted by Gasteiger charge is -2.41. The zero-order chi connectivity index (χ0) is 16.4. The van der Waals surface area contributed by atoms with E-state index >= 15 is 0 Å². The lowest BCUT2D eigenvalue weighted by molar-refractivity contribution is 0.0193. The summed E-state index contributed by atoms with van der Waals surface area (Å²) >= 11 is 0. The van der Waals surface area contributed by atoms with Crippen LogP contribution in [0.3, 0.4) is 0 Å². The number of phenolic OH excluding ortho intramolecular Hbond substituents is 1. The first kappa shape index (κ1) is 16.5. The number of phenols is 1. The number of piperazine rings is 1. The summed E-state index contributed by atoms with van der Waals surface area (Å²) in [7, 11) is 0. The summed E-state index contributed by atoms with van der Waals surface area (Å²) in [6.45, 7) is 3.93. The van der Waals surface area contributed by atoms with Crippen LogP contribution in [0.15, 0.2) is 6.07 Å². The maximum Gasteiger partial charge on any atom is 0.195 e. The normalized spacial score (nSPS) is 22.2. The highest BCUT2D eigenvalue weighted by molar-refractivity contribution is 5.38. The Hall–Kier alpha value is -1.31. The van der Waals surface area contributed by atoms with Crippen LogP contribution in [0.1, 0.15) is 24.4 Å². The third-order valence-electron chi connectivity index (χ3n) is 4.73. The molecule has 2 saturated heterocycles. The number of nitrogens with zero attached hydrogens (tertiary/aromatic N) is 1. The first-order valence-electron chi connectivity index (χ1n) is 7.98. The molecule has 0 aliphatic carbocycles. The van der Waals surface area contributed by atoms with E-state index in [2.05, 4.69) is 5.32 Å². The standard InChI is InChI=1S/C16H21F3N2O2/c17-11-9-12(22)13(15(19)14(11)18)16(10-1-7-23-8-2-10)21-5-3-20-4-6-21/h9-10,16,20,22H,1-8H2/t16-/m1/s1. The van der Waals surface area contributed by atoms with E-state index < -0.39 is 29.2 Å². The number of aromatic hydroxyl groups is 1. The molecule has 0 saturated carbocycles. The number of hydrogen-bond acceptors (Lipinski definition) is 4. The quantitative estimate of drug-likeness (QED) is 0.834. The molecule has 2 aliphatic heterocycles. The monoisotopic (exact) mass is 330 g/mol. The molecule has 2 heterocycles. The Balaban J connectivity index is 2.02. The van der Waals surface area contributed by atoms with Crippen LogP contribution in [0.4, 0.5) is 13.2 Å². The van der Waals surface area contributed by atoms with Gasteiger partial charge in [0, 0.05) is 51.5 Å². The SMILES string of the molecule is Oc1cc(F)c(F)c(F)c1[C@@H](C1CCOCC1)N1CCNCC1. The lowest BCUT2D eigenvalue weighted by atomic mass is 9.84. The molecule has 2 fully saturated rings. The van der Waals surface area contributed by atoms with E-state index in [1.54, 1.807) is 0 Å². The number of nitrogens with one attached hydrogen (secondary N) is 1. The Morgan fingerprint density at radius 3 is 2.43 bits per heavy atom. The van der Waals surface area contributed by atoms with Crippen LogP contribution in [-0.4, -0.2) is 49.4 Å². The van der Waals surface area contributed by atoms with Gasteiger partial charge in [-0.25, -0.2) is 13.2 Å². The average molecular weight is 330 g/mol. The van der Waals surface area contributed by atoms with Crippen LogP contribution in [0.2, 0.25) is 0 Å². The Morgan fingerprint density at radius 2 is 1.78 bits per heavy atom. The van der Waals surface area contributed by atoms with Crippen molar-refractivity contribution in [3.05, 3.63) is 29.1 Å². The second-order valence-electron chi connectivity index (χ2n) is 6.10. The molecule has 128 valence electrons. The van der Waals surface area contributed by atoms with Crippen molar-refractivity contribution in [2.24, 2.45) is 5.92 Å². The fourth-order valence-electron chi connectivity index (χ4n) is 3.59. The van der Waals surface area contributed by atoms with Gasteiger partial charge in [0.25, 0.3) is 0 Å². The summed E-state index contributed by atoms with van der Waals surface area (Å²) in [5.74, 6) is -4.65. The third-order valence-corrected chi connectivity index (χ3v) is 4.73. The van der Waals surface area contributed by atoms with Gasteiger partial charge in [-0.1, -0.05) is 0 Å². The predicted octanol–water partition coefficient (Wildman–Crippen LogP) is 2.18. The molecule has 0 spiro atoms. The Kier molecular flexibility index (Phi) is 5.08. The molecular weight excluding hydrogens is 309 g/mol. The van der Waals surface area contributed by atoms with Gasteiger partial charge in [0.05, 0.1) is 5.56 Å². The summed E-state index contributed by atoms with van der Waals surface area (Å²) in [4.78, 5) is 2.04. The molecule has 2 aliphatic rings. The first-order valence-corrected chi connectivity index (χ1v) is 7.98. The van der Waals surface area contributed by atoms with Crippen molar-refractivity contribution in [1.82, 2.24) is 10.2 Å². The fourth-order valence-corrected chi connectivity index (χ4v) is 3.59. The topological polar surface area (TPSA) is 44.7 Å². The smallest absolute Gasteiger partial charge is 0.195 e. The number of hydrogen-bond donors (Lipinski definition) is 2. The van der Waals surface area contributed by atoms with Crippen molar-refractivity contribution in [3.63, 3.8) is 0 Å². The minimum absolute atomic E-state index is 0.0344. The molecule has 0 unspecified atom stereocenters. The molecule has 1 atom stereocenters. The molecule has 1 aromatic rings. The van der Waals surface area contributed by atoms with Gasteiger partial charge >= 0.3 is 0 Å².